The largest absolute Gasteiger partial charge is 0.307 e. The SMILES string of the molecule is C=C/C=C\C(=C)C(=O)Nc1cc(C)ccn1. The molecule has 16 heavy (non-hydrogen) atoms. The minimum atomic E-state index is -0.267. The van der Waals surface area contributed by atoms with Gasteiger partial charge in [0.15, 0.2) is 0 Å². The molecular formula is C13H14N2O. The molecule has 3 nitrogen and oxygen atoms in total. The zero-order chi connectivity index (χ0) is 12.0. The lowest BCUT2D eigenvalue weighted by atomic mass is 10.2. The van der Waals surface area contributed by atoms with Crippen LogP contribution in [0, 0.1) is 6.92 Å². The normalized spacial score (nSPS) is 10.1. The molecule has 1 heterocycles. The van der Waals surface area contributed by atoms with Gasteiger partial charge in [0.2, 0.25) is 0 Å². The van der Waals surface area contributed by atoms with Crippen molar-refractivity contribution in [3.8, 4) is 0 Å². The van der Waals surface area contributed by atoms with Crippen molar-refractivity contribution < 1.29 is 4.79 Å². The first-order valence-corrected chi connectivity index (χ1v) is 4.85. The van der Waals surface area contributed by atoms with Gasteiger partial charge in [0.05, 0.1) is 0 Å². The molecule has 0 aliphatic heterocycles. The van der Waals surface area contributed by atoms with Crippen molar-refractivity contribution in [1.82, 2.24) is 4.98 Å². The molecule has 1 N–H and O–H groups in total. The van der Waals surface area contributed by atoms with Crippen LogP contribution in [0.25, 0.3) is 0 Å². The minimum absolute atomic E-state index is 0.267. The lowest BCUT2D eigenvalue weighted by Gasteiger charge is -2.04. The van der Waals surface area contributed by atoms with Gasteiger partial charge in [0.25, 0.3) is 5.91 Å². The first kappa shape index (κ1) is 11.9. The smallest absolute Gasteiger partial charge is 0.256 e. The van der Waals surface area contributed by atoms with Gasteiger partial charge in [0, 0.05) is 11.8 Å². The monoisotopic (exact) mass is 214 g/mol. The Morgan fingerprint density at radius 1 is 1.56 bits per heavy atom. The van der Waals surface area contributed by atoms with Crippen LogP contribution in [-0.2, 0) is 4.79 Å². The van der Waals surface area contributed by atoms with Gasteiger partial charge in [0.1, 0.15) is 5.82 Å². The number of hydrogen-bond acceptors (Lipinski definition) is 2. The first-order chi connectivity index (χ1) is 7.63. The Kier molecular flexibility index (Phi) is 4.21. The van der Waals surface area contributed by atoms with Crippen molar-refractivity contribution in [3.63, 3.8) is 0 Å². The van der Waals surface area contributed by atoms with E-state index in [1.54, 1.807) is 30.5 Å². The number of carbonyl (C=O) groups excluding carboxylic acids is 1. The summed E-state index contributed by atoms with van der Waals surface area (Å²) in [6.07, 6.45) is 6.49. The van der Waals surface area contributed by atoms with Crippen molar-refractivity contribution >= 4 is 11.7 Å². The molecule has 0 aliphatic rings. The minimum Gasteiger partial charge on any atom is -0.307 e. The van der Waals surface area contributed by atoms with E-state index in [1.165, 1.54) is 0 Å². The molecule has 0 saturated carbocycles. The van der Waals surface area contributed by atoms with Crippen LogP contribution in [0.4, 0.5) is 5.82 Å². The molecule has 82 valence electrons. The number of aromatic nitrogens is 1. The molecule has 1 aromatic heterocycles. The van der Waals surface area contributed by atoms with E-state index < -0.39 is 0 Å². The van der Waals surface area contributed by atoms with Crippen LogP contribution in [-0.4, -0.2) is 10.9 Å². The Morgan fingerprint density at radius 3 is 2.94 bits per heavy atom. The standard InChI is InChI=1S/C13H14N2O/c1-4-5-6-11(3)13(16)15-12-9-10(2)7-8-14-12/h4-9H,1,3H2,2H3,(H,14,15,16)/b6-5-. The van der Waals surface area contributed by atoms with E-state index >= 15 is 0 Å². The average Bonchev–Trinajstić information content (AvgIpc) is 2.25. The van der Waals surface area contributed by atoms with Crippen molar-refractivity contribution in [2.24, 2.45) is 0 Å². The Morgan fingerprint density at radius 2 is 2.31 bits per heavy atom. The maximum atomic E-state index is 11.6. The lowest BCUT2D eigenvalue weighted by Crippen LogP contribution is -2.13. The molecule has 0 aliphatic carbocycles. The molecule has 0 spiro atoms. The lowest BCUT2D eigenvalue weighted by molar-refractivity contribution is -0.112. The highest BCUT2D eigenvalue weighted by atomic mass is 16.1. The molecule has 3 heteroatoms. The second-order valence-electron chi connectivity index (χ2n) is 3.29. The number of aryl methyl sites for hydroxylation is 1. The Hall–Kier alpha value is -2.16. The fourth-order valence-electron chi connectivity index (χ4n) is 1.06. The first-order valence-electron chi connectivity index (χ1n) is 4.85. The highest BCUT2D eigenvalue weighted by Crippen LogP contribution is 2.07. The molecular weight excluding hydrogens is 200 g/mol. The van der Waals surface area contributed by atoms with Gasteiger partial charge >= 0.3 is 0 Å². The van der Waals surface area contributed by atoms with Gasteiger partial charge in [-0.25, -0.2) is 4.98 Å². The summed E-state index contributed by atoms with van der Waals surface area (Å²) < 4.78 is 0. The number of allylic oxidation sites excluding steroid dienone is 2. The summed E-state index contributed by atoms with van der Waals surface area (Å²) in [5, 5.41) is 2.66. The van der Waals surface area contributed by atoms with Gasteiger partial charge < -0.3 is 5.32 Å². The number of nitrogens with one attached hydrogen (secondary N) is 1. The number of anilines is 1. The van der Waals surface area contributed by atoms with Gasteiger partial charge in [-0.2, -0.15) is 0 Å². The molecule has 0 unspecified atom stereocenters. The second kappa shape index (κ2) is 5.66. The number of amides is 1. The predicted octanol–water partition coefficient (Wildman–Crippen LogP) is 2.63. The number of pyridine rings is 1. The fraction of sp³-hybridized carbons (Fsp3) is 0.0769. The van der Waals surface area contributed by atoms with E-state index in [-0.39, 0.29) is 5.91 Å². The number of carbonyl (C=O) groups is 1. The van der Waals surface area contributed by atoms with Crippen molar-refractivity contribution in [2.45, 2.75) is 6.92 Å². The van der Waals surface area contributed by atoms with Gasteiger partial charge in [-0.05, 0) is 24.6 Å². The van der Waals surface area contributed by atoms with Crippen molar-refractivity contribution in [2.75, 3.05) is 5.32 Å². The zero-order valence-electron chi connectivity index (χ0n) is 9.23. The second-order valence-corrected chi connectivity index (χ2v) is 3.29. The topological polar surface area (TPSA) is 42.0 Å². The van der Waals surface area contributed by atoms with Crippen LogP contribution < -0.4 is 5.32 Å². The van der Waals surface area contributed by atoms with E-state index in [0.717, 1.165) is 5.56 Å². The van der Waals surface area contributed by atoms with Gasteiger partial charge in [-0.1, -0.05) is 31.4 Å². The summed E-state index contributed by atoms with van der Waals surface area (Å²) in [5.74, 6) is 0.259. The van der Waals surface area contributed by atoms with Crippen LogP contribution >= 0.6 is 0 Å². The van der Waals surface area contributed by atoms with Crippen LogP contribution in [0.3, 0.4) is 0 Å². The van der Waals surface area contributed by atoms with Gasteiger partial charge in [-0.15, -0.1) is 0 Å². The average molecular weight is 214 g/mol. The van der Waals surface area contributed by atoms with E-state index in [1.807, 2.05) is 13.0 Å². The molecule has 1 amide bonds. The van der Waals surface area contributed by atoms with E-state index in [9.17, 15) is 4.79 Å². The molecule has 1 aromatic rings. The molecule has 1 rings (SSSR count). The third kappa shape index (κ3) is 3.53. The summed E-state index contributed by atoms with van der Waals surface area (Å²) in [6, 6.07) is 3.66. The third-order valence-electron chi connectivity index (χ3n) is 1.88. The molecule has 0 fully saturated rings. The van der Waals surface area contributed by atoms with E-state index in [2.05, 4.69) is 23.5 Å². The maximum Gasteiger partial charge on any atom is 0.256 e. The van der Waals surface area contributed by atoms with Gasteiger partial charge in [-0.3, -0.25) is 4.79 Å². The molecule has 0 atom stereocenters. The van der Waals surface area contributed by atoms with Crippen molar-refractivity contribution in [1.29, 1.82) is 0 Å². The summed E-state index contributed by atoms with van der Waals surface area (Å²) >= 11 is 0. The highest BCUT2D eigenvalue weighted by molar-refractivity contribution is 6.04. The van der Waals surface area contributed by atoms with Crippen molar-refractivity contribution in [3.05, 3.63) is 60.9 Å². The van der Waals surface area contributed by atoms with E-state index in [4.69, 9.17) is 0 Å². The number of rotatable bonds is 4. The fourth-order valence-corrected chi connectivity index (χ4v) is 1.06. The molecule has 0 radical (unpaired) electrons. The summed E-state index contributed by atoms with van der Waals surface area (Å²) in [7, 11) is 0. The Labute approximate surface area is 95.2 Å². The highest BCUT2D eigenvalue weighted by Gasteiger charge is 2.04. The quantitative estimate of drug-likeness (QED) is 0.618. The summed E-state index contributed by atoms with van der Waals surface area (Å²) in [5.41, 5.74) is 1.40. The maximum absolute atomic E-state index is 11.6. The number of nitrogens with zero attached hydrogens (tertiary/aromatic N) is 1. The van der Waals surface area contributed by atoms with Crippen LogP contribution in [0.15, 0.2) is 55.3 Å². The zero-order valence-corrected chi connectivity index (χ0v) is 9.23. The summed E-state index contributed by atoms with van der Waals surface area (Å²) in [4.78, 5) is 15.6. The third-order valence-corrected chi connectivity index (χ3v) is 1.88. The predicted molar refractivity (Wildman–Crippen MR) is 66.1 cm³/mol. The summed E-state index contributed by atoms with van der Waals surface area (Å²) in [6.45, 7) is 9.09. The Balaban J connectivity index is 2.68. The molecule has 0 aromatic carbocycles. The number of hydrogen-bond donors (Lipinski definition) is 1. The van der Waals surface area contributed by atoms with Crippen LogP contribution in [0.5, 0.6) is 0 Å². The molecule has 0 bridgehead atoms. The van der Waals surface area contributed by atoms with E-state index in [0.29, 0.717) is 11.4 Å². The Bertz CT molecular complexity index is 447. The molecule has 0 saturated heterocycles. The van der Waals surface area contributed by atoms with Crippen LogP contribution in [0.1, 0.15) is 5.56 Å². The van der Waals surface area contributed by atoms with Crippen LogP contribution in [0.2, 0.25) is 0 Å².